The van der Waals surface area contributed by atoms with Crippen LogP contribution < -0.4 is 5.32 Å². The van der Waals surface area contributed by atoms with E-state index in [4.69, 9.17) is 16.1 Å². The molecule has 18 heavy (non-hydrogen) atoms. The highest BCUT2D eigenvalue weighted by molar-refractivity contribution is 6.31. The lowest BCUT2D eigenvalue weighted by Gasteiger charge is -2.01. The number of nitrogens with one attached hydrogen (secondary N) is 1. The van der Waals surface area contributed by atoms with Crippen LogP contribution in [-0.2, 0) is 6.42 Å². The van der Waals surface area contributed by atoms with Gasteiger partial charge in [0.2, 0.25) is 5.89 Å². The molecule has 1 aliphatic rings. The second-order valence-corrected chi connectivity index (χ2v) is 4.87. The molecule has 3 rings (SSSR count). The molecule has 1 aromatic carbocycles. The maximum atomic E-state index is 6.11. The van der Waals surface area contributed by atoms with Crippen LogP contribution in [-0.4, -0.2) is 16.7 Å². The number of halogens is 1. The summed E-state index contributed by atoms with van der Waals surface area (Å²) in [6, 6.07) is 7.94. The number of hydrogen-bond donors (Lipinski definition) is 1. The van der Waals surface area contributed by atoms with E-state index in [0.717, 1.165) is 30.0 Å². The minimum absolute atomic E-state index is 0.220. The first-order valence-corrected chi connectivity index (χ1v) is 6.50. The zero-order valence-corrected chi connectivity index (χ0v) is 10.7. The van der Waals surface area contributed by atoms with Crippen LogP contribution in [0, 0.1) is 0 Å². The molecule has 94 valence electrons. The third kappa shape index (κ3) is 2.40. The molecule has 0 aliphatic carbocycles. The zero-order valence-electron chi connectivity index (χ0n) is 9.90. The Bertz CT molecular complexity index is 535. The quantitative estimate of drug-likeness (QED) is 0.925. The minimum atomic E-state index is 0.220. The summed E-state index contributed by atoms with van der Waals surface area (Å²) >= 11 is 6.11. The first kappa shape index (κ1) is 11.7. The molecular weight excluding hydrogens is 250 g/mol. The lowest BCUT2D eigenvalue weighted by atomic mass is 10.1. The molecule has 1 aliphatic heterocycles. The van der Waals surface area contributed by atoms with Gasteiger partial charge in [-0.3, -0.25) is 0 Å². The van der Waals surface area contributed by atoms with Gasteiger partial charge in [-0.1, -0.05) is 35.0 Å². The van der Waals surface area contributed by atoms with Crippen molar-refractivity contribution >= 4 is 11.6 Å². The molecule has 1 N–H and O–H groups in total. The third-order valence-electron chi connectivity index (χ3n) is 3.15. The Labute approximate surface area is 110 Å². The second-order valence-electron chi connectivity index (χ2n) is 4.47. The van der Waals surface area contributed by atoms with Gasteiger partial charge in [-0.15, -0.1) is 0 Å². The van der Waals surface area contributed by atoms with Gasteiger partial charge in [0, 0.05) is 11.4 Å². The van der Waals surface area contributed by atoms with E-state index in [1.54, 1.807) is 0 Å². The summed E-state index contributed by atoms with van der Waals surface area (Å²) in [6.07, 6.45) is 2.83. The summed E-state index contributed by atoms with van der Waals surface area (Å²) in [5, 5.41) is 8.09. The Hall–Kier alpha value is -1.39. The molecule has 0 bridgehead atoms. The van der Waals surface area contributed by atoms with Crippen LogP contribution >= 0.6 is 11.6 Å². The van der Waals surface area contributed by atoms with Gasteiger partial charge in [-0.05, 0) is 31.0 Å². The van der Waals surface area contributed by atoms with Crippen LogP contribution in [0.5, 0.6) is 0 Å². The number of benzene rings is 1. The summed E-state index contributed by atoms with van der Waals surface area (Å²) in [4.78, 5) is 4.43. The topological polar surface area (TPSA) is 51.0 Å². The Morgan fingerprint density at radius 3 is 3.06 bits per heavy atom. The predicted octanol–water partition coefficient (Wildman–Crippen LogP) is 2.74. The third-order valence-corrected chi connectivity index (χ3v) is 3.52. The largest absolute Gasteiger partial charge is 0.338 e. The summed E-state index contributed by atoms with van der Waals surface area (Å²) in [6.45, 7) is 1.02. The summed E-state index contributed by atoms with van der Waals surface area (Å²) in [7, 11) is 0. The van der Waals surface area contributed by atoms with Crippen LogP contribution in [0.2, 0.25) is 5.02 Å². The van der Waals surface area contributed by atoms with Crippen molar-refractivity contribution in [3.8, 4) is 0 Å². The lowest BCUT2D eigenvalue weighted by Crippen LogP contribution is -2.13. The maximum Gasteiger partial charge on any atom is 0.243 e. The Morgan fingerprint density at radius 2 is 2.28 bits per heavy atom. The smallest absolute Gasteiger partial charge is 0.243 e. The molecule has 0 saturated carbocycles. The van der Waals surface area contributed by atoms with Gasteiger partial charge in [-0.2, -0.15) is 4.98 Å². The first-order valence-electron chi connectivity index (χ1n) is 6.12. The van der Waals surface area contributed by atoms with E-state index in [-0.39, 0.29) is 6.04 Å². The van der Waals surface area contributed by atoms with E-state index < -0.39 is 0 Å². The average molecular weight is 264 g/mol. The fourth-order valence-electron chi connectivity index (χ4n) is 2.19. The highest BCUT2D eigenvalue weighted by Gasteiger charge is 2.22. The zero-order chi connectivity index (χ0) is 12.4. The normalized spacial score (nSPS) is 19.3. The SMILES string of the molecule is Clc1ccccc1Cc1noc([C@H]2CCCN2)n1. The van der Waals surface area contributed by atoms with E-state index in [9.17, 15) is 0 Å². The summed E-state index contributed by atoms with van der Waals surface area (Å²) < 4.78 is 5.29. The lowest BCUT2D eigenvalue weighted by molar-refractivity contribution is 0.341. The van der Waals surface area contributed by atoms with Crippen LogP contribution in [0.25, 0.3) is 0 Å². The van der Waals surface area contributed by atoms with Crippen molar-refractivity contribution in [1.82, 2.24) is 15.5 Å². The molecule has 1 aromatic heterocycles. The molecule has 0 unspecified atom stereocenters. The van der Waals surface area contributed by atoms with Gasteiger partial charge >= 0.3 is 0 Å². The molecule has 4 nitrogen and oxygen atoms in total. The van der Waals surface area contributed by atoms with E-state index in [2.05, 4.69) is 15.5 Å². The van der Waals surface area contributed by atoms with Crippen molar-refractivity contribution in [3.63, 3.8) is 0 Å². The van der Waals surface area contributed by atoms with Gasteiger partial charge in [-0.25, -0.2) is 0 Å². The summed E-state index contributed by atoms with van der Waals surface area (Å²) in [5.41, 5.74) is 1.02. The van der Waals surface area contributed by atoms with Gasteiger partial charge in [0.05, 0.1) is 6.04 Å². The molecule has 2 heterocycles. The van der Waals surface area contributed by atoms with Crippen molar-refractivity contribution in [3.05, 3.63) is 46.6 Å². The van der Waals surface area contributed by atoms with Gasteiger partial charge in [0.15, 0.2) is 5.82 Å². The number of rotatable bonds is 3. The number of hydrogen-bond acceptors (Lipinski definition) is 4. The van der Waals surface area contributed by atoms with Crippen molar-refractivity contribution in [2.75, 3.05) is 6.54 Å². The second kappa shape index (κ2) is 5.08. The number of aromatic nitrogens is 2. The predicted molar refractivity (Wildman–Crippen MR) is 68.5 cm³/mol. The molecule has 0 radical (unpaired) electrons. The molecule has 1 atom stereocenters. The molecule has 0 amide bonds. The standard InChI is InChI=1S/C13H14ClN3O/c14-10-5-2-1-4-9(10)8-12-16-13(18-17-12)11-6-3-7-15-11/h1-2,4-5,11,15H,3,6-8H2/t11-/m1/s1. The van der Waals surface area contributed by atoms with E-state index >= 15 is 0 Å². The van der Waals surface area contributed by atoms with Crippen molar-refractivity contribution in [2.45, 2.75) is 25.3 Å². The maximum absolute atomic E-state index is 6.11. The Balaban J connectivity index is 1.75. The van der Waals surface area contributed by atoms with E-state index in [1.165, 1.54) is 0 Å². The van der Waals surface area contributed by atoms with Crippen molar-refractivity contribution < 1.29 is 4.52 Å². The Kier molecular flexibility index (Phi) is 3.30. The molecule has 5 heteroatoms. The highest BCUT2D eigenvalue weighted by Crippen LogP contribution is 2.22. The van der Waals surface area contributed by atoms with Crippen LogP contribution in [0.1, 0.15) is 36.2 Å². The molecular formula is C13H14ClN3O. The molecule has 0 spiro atoms. The fourth-order valence-corrected chi connectivity index (χ4v) is 2.39. The van der Waals surface area contributed by atoms with Crippen LogP contribution in [0.3, 0.4) is 0 Å². The highest BCUT2D eigenvalue weighted by atomic mass is 35.5. The van der Waals surface area contributed by atoms with Gasteiger partial charge in [0.25, 0.3) is 0 Å². The average Bonchev–Trinajstić information content (AvgIpc) is 3.02. The van der Waals surface area contributed by atoms with Crippen molar-refractivity contribution in [1.29, 1.82) is 0 Å². The van der Waals surface area contributed by atoms with Crippen molar-refractivity contribution in [2.24, 2.45) is 0 Å². The first-order chi connectivity index (χ1) is 8.83. The monoisotopic (exact) mass is 263 g/mol. The van der Waals surface area contributed by atoms with E-state index in [1.807, 2.05) is 24.3 Å². The van der Waals surface area contributed by atoms with Gasteiger partial charge in [0.1, 0.15) is 0 Å². The Morgan fingerprint density at radius 1 is 1.39 bits per heavy atom. The number of nitrogens with zero attached hydrogens (tertiary/aromatic N) is 2. The fraction of sp³-hybridized carbons (Fsp3) is 0.385. The van der Waals surface area contributed by atoms with Crippen LogP contribution in [0.15, 0.2) is 28.8 Å². The molecule has 2 aromatic rings. The van der Waals surface area contributed by atoms with Crippen LogP contribution in [0.4, 0.5) is 0 Å². The van der Waals surface area contributed by atoms with Gasteiger partial charge < -0.3 is 9.84 Å². The molecule has 1 fully saturated rings. The van der Waals surface area contributed by atoms with E-state index in [0.29, 0.717) is 18.1 Å². The minimum Gasteiger partial charge on any atom is -0.338 e. The molecule has 1 saturated heterocycles. The summed E-state index contributed by atoms with van der Waals surface area (Å²) in [5.74, 6) is 1.38.